The fourth-order valence-corrected chi connectivity index (χ4v) is 1.52. The molecule has 0 saturated carbocycles. The second kappa shape index (κ2) is 6.30. The average molecular weight is 222 g/mol. The number of hydrogen-bond acceptors (Lipinski definition) is 3. The summed E-state index contributed by atoms with van der Waals surface area (Å²) in [4.78, 5) is 0. The summed E-state index contributed by atoms with van der Waals surface area (Å²) in [5.74, 6) is 0.295. The van der Waals surface area contributed by atoms with Crippen LogP contribution in [0.1, 0.15) is 11.1 Å². The molecule has 1 aromatic rings. The molecule has 0 spiro atoms. The van der Waals surface area contributed by atoms with Crippen LogP contribution in [0.2, 0.25) is 0 Å². The molecule has 0 atom stereocenters. The maximum Gasteiger partial charge on any atom is 0.160 e. The first-order valence-electron chi connectivity index (χ1n) is 5.18. The van der Waals surface area contributed by atoms with Crippen molar-refractivity contribution in [2.45, 2.75) is 19.1 Å². The van der Waals surface area contributed by atoms with Gasteiger partial charge < -0.3 is 14.6 Å². The number of rotatable bonds is 6. The van der Waals surface area contributed by atoms with Gasteiger partial charge in [0.25, 0.3) is 0 Å². The number of benzene rings is 1. The molecule has 3 heteroatoms. The summed E-state index contributed by atoms with van der Waals surface area (Å²) in [7, 11) is 3.19. The van der Waals surface area contributed by atoms with Crippen LogP contribution in [0.15, 0.2) is 30.9 Å². The quantitative estimate of drug-likeness (QED) is 0.593. The lowest BCUT2D eigenvalue weighted by Gasteiger charge is -2.13. The first-order chi connectivity index (χ1) is 7.71. The Labute approximate surface area is 96.3 Å². The smallest absolute Gasteiger partial charge is 0.160 e. The van der Waals surface area contributed by atoms with Crippen LogP contribution in [0.5, 0.6) is 5.75 Å². The van der Waals surface area contributed by atoms with Crippen LogP contribution in [0.4, 0.5) is 0 Å². The third-order valence-electron chi connectivity index (χ3n) is 2.44. The molecule has 1 rings (SSSR count). The minimum absolute atomic E-state index is 0.273. The Balaban J connectivity index is 2.76. The molecule has 0 amide bonds. The van der Waals surface area contributed by atoms with Gasteiger partial charge >= 0.3 is 0 Å². The molecule has 0 aliphatic rings. The Morgan fingerprint density at radius 1 is 1.38 bits per heavy atom. The Bertz CT molecular complexity index is 343. The van der Waals surface area contributed by atoms with E-state index in [9.17, 15) is 5.11 Å². The molecule has 0 aliphatic heterocycles. The minimum Gasteiger partial charge on any atom is -0.508 e. The van der Waals surface area contributed by atoms with Gasteiger partial charge in [-0.05, 0) is 23.6 Å². The highest BCUT2D eigenvalue weighted by atomic mass is 16.7. The Kier molecular flexibility index (Phi) is 5.02. The van der Waals surface area contributed by atoms with Gasteiger partial charge in [0, 0.05) is 20.6 Å². The third kappa shape index (κ3) is 3.36. The van der Waals surface area contributed by atoms with Gasteiger partial charge in [-0.3, -0.25) is 0 Å². The monoisotopic (exact) mass is 222 g/mol. The van der Waals surface area contributed by atoms with Gasteiger partial charge in [-0.25, -0.2) is 0 Å². The molecule has 88 valence electrons. The fraction of sp³-hybridized carbons (Fsp3) is 0.385. The van der Waals surface area contributed by atoms with E-state index >= 15 is 0 Å². The van der Waals surface area contributed by atoms with E-state index in [2.05, 4.69) is 6.58 Å². The summed E-state index contributed by atoms with van der Waals surface area (Å²) in [6, 6.07) is 5.60. The van der Waals surface area contributed by atoms with Crippen molar-refractivity contribution in [3.05, 3.63) is 42.0 Å². The van der Waals surface area contributed by atoms with Crippen molar-refractivity contribution in [2.24, 2.45) is 0 Å². The lowest BCUT2D eigenvalue weighted by molar-refractivity contribution is -0.100. The highest BCUT2D eigenvalue weighted by Gasteiger charge is 2.08. The van der Waals surface area contributed by atoms with Crippen molar-refractivity contribution in [1.29, 1.82) is 0 Å². The van der Waals surface area contributed by atoms with Gasteiger partial charge in [-0.1, -0.05) is 18.2 Å². The van der Waals surface area contributed by atoms with E-state index in [-0.39, 0.29) is 6.29 Å². The number of methoxy groups -OCH3 is 2. The van der Waals surface area contributed by atoms with E-state index in [0.717, 1.165) is 11.1 Å². The van der Waals surface area contributed by atoms with E-state index in [1.807, 2.05) is 12.1 Å². The summed E-state index contributed by atoms with van der Waals surface area (Å²) in [6.07, 6.45) is 2.78. The second-order valence-electron chi connectivity index (χ2n) is 3.56. The lowest BCUT2D eigenvalue weighted by atomic mass is 10.1. The SMILES string of the molecule is C=CCc1ccc(CC(OC)OC)cc1O. The van der Waals surface area contributed by atoms with Gasteiger partial charge in [0.05, 0.1) is 0 Å². The number of phenolic OH excluding ortho intramolecular Hbond substituents is 1. The molecule has 1 aromatic carbocycles. The summed E-state index contributed by atoms with van der Waals surface area (Å²) in [5.41, 5.74) is 1.86. The number of phenols is 1. The topological polar surface area (TPSA) is 38.7 Å². The molecule has 0 unspecified atom stereocenters. The maximum absolute atomic E-state index is 9.75. The molecule has 0 heterocycles. The van der Waals surface area contributed by atoms with Gasteiger partial charge in [0.1, 0.15) is 5.75 Å². The molecule has 0 fully saturated rings. The van der Waals surface area contributed by atoms with E-state index in [1.165, 1.54) is 0 Å². The second-order valence-corrected chi connectivity index (χ2v) is 3.56. The molecule has 0 saturated heterocycles. The Morgan fingerprint density at radius 2 is 2.06 bits per heavy atom. The number of aromatic hydroxyl groups is 1. The van der Waals surface area contributed by atoms with Gasteiger partial charge in [-0.15, -0.1) is 6.58 Å². The fourth-order valence-electron chi connectivity index (χ4n) is 1.52. The predicted octanol–water partition coefficient (Wildman–Crippen LogP) is 2.28. The zero-order valence-electron chi connectivity index (χ0n) is 9.77. The molecule has 16 heavy (non-hydrogen) atoms. The van der Waals surface area contributed by atoms with E-state index in [1.54, 1.807) is 26.4 Å². The van der Waals surface area contributed by atoms with Gasteiger partial charge in [0.15, 0.2) is 6.29 Å². The largest absolute Gasteiger partial charge is 0.508 e. The molecular formula is C13H18O3. The Hall–Kier alpha value is -1.32. The molecule has 1 N–H and O–H groups in total. The van der Waals surface area contributed by atoms with Crippen LogP contribution in [0.25, 0.3) is 0 Å². The molecule has 3 nitrogen and oxygen atoms in total. The van der Waals surface area contributed by atoms with Gasteiger partial charge in [-0.2, -0.15) is 0 Å². The highest BCUT2D eigenvalue weighted by Crippen LogP contribution is 2.20. The molecule has 0 aliphatic carbocycles. The number of hydrogen-bond donors (Lipinski definition) is 1. The third-order valence-corrected chi connectivity index (χ3v) is 2.44. The Morgan fingerprint density at radius 3 is 2.56 bits per heavy atom. The van der Waals surface area contributed by atoms with Crippen molar-refractivity contribution in [3.63, 3.8) is 0 Å². The summed E-state index contributed by atoms with van der Waals surface area (Å²) >= 11 is 0. The van der Waals surface area contributed by atoms with Crippen LogP contribution < -0.4 is 0 Å². The summed E-state index contributed by atoms with van der Waals surface area (Å²) in [5, 5.41) is 9.75. The molecule has 0 aromatic heterocycles. The lowest BCUT2D eigenvalue weighted by Crippen LogP contribution is -2.15. The minimum atomic E-state index is -0.273. The van der Waals surface area contributed by atoms with Crippen LogP contribution in [-0.4, -0.2) is 25.6 Å². The van der Waals surface area contributed by atoms with Crippen molar-refractivity contribution < 1.29 is 14.6 Å². The standard InChI is InChI=1S/C13H18O3/c1-4-5-11-7-6-10(8-12(11)14)9-13(15-2)16-3/h4,6-8,13-14H,1,5,9H2,2-3H3. The van der Waals surface area contributed by atoms with Crippen LogP contribution in [-0.2, 0) is 22.3 Å². The van der Waals surface area contributed by atoms with Crippen LogP contribution >= 0.6 is 0 Å². The van der Waals surface area contributed by atoms with Crippen molar-refractivity contribution in [1.82, 2.24) is 0 Å². The molecule has 0 bridgehead atoms. The summed E-state index contributed by atoms with van der Waals surface area (Å²) in [6.45, 7) is 3.64. The summed E-state index contributed by atoms with van der Waals surface area (Å²) < 4.78 is 10.2. The van der Waals surface area contributed by atoms with Crippen molar-refractivity contribution >= 4 is 0 Å². The van der Waals surface area contributed by atoms with E-state index in [0.29, 0.717) is 18.6 Å². The van der Waals surface area contributed by atoms with Crippen LogP contribution in [0.3, 0.4) is 0 Å². The van der Waals surface area contributed by atoms with Crippen molar-refractivity contribution in [2.75, 3.05) is 14.2 Å². The average Bonchev–Trinajstić information content (AvgIpc) is 2.29. The molecular weight excluding hydrogens is 204 g/mol. The van der Waals surface area contributed by atoms with Crippen molar-refractivity contribution in [3.8, 4) is 5.75 Å². The number of ether oxygens (including phenoxy) is 2. The zero-order valence-corrected chi connectivity index (χ0v) is 9.77. The normalized spacial score (nSPS) is 10.7. The maximum atomic E-state index is 9.75. The predicted molar refractivity (Wildman–Crippen MR) is 63.5 cm³/mol. The van der Waals surface area contributed by atoms with E-state index in [4.69, 9.17) is 9.47 Å². The zero-order chi connectivity index (χ0) is 12.0. The first kappa shape index (κ1) is 12.7. The highest BCUT2D eigenvalue weighted by molar-refractivity contribution is 5.37. The number of allylic oxidation sites excluding steroid dienone is 1. The van der Waals surface area contributed by atoms with Crippen LogP contribution in [0, 0.1) is 0 Å². The van der Waals surface area contributed by atoms with E-state index < -0.39 is 0 Å². The molecule has 0 radical (unpaired) electrons. The first-order valence-corrected chi connectivity index (χ1v) is 5.18. The van der Waals surface area contributed by atoms with Gasteiger partial charge in [0.2, 0.25) is 0 Å².